The fourth-order valence-electron chi connectivity index (χ4n) is 2.00. The molecular formula is C14H10ClN5O. The number of hydrogen-bond acceptors (Lipinski definition) is 5. The summed E-state index contributed by atoms with van der Waals surface area (Å²) in [6, 6.07) is 9.20. The van der Waals surface area contributed by atoms with Crippen molar-refractivity contribution in [3.63, 3.8) is 0 Å². The van der Waals surface area contributed by atoms with Gasteiger partial charge in [0.1, 0.15) is 17.5 Å². The van der Waals surface area contributed by atoms with Crippen molar-refractivity contribution in [2.75, 3.05) is 0 Å². The van der Waals surface area contributed by atoms with Crippen LogP contribution in [0.2, 0.25) is 5.02 Å². The first-order valence-electron chi connectivity index (χ1n) is 6.29. The van der Waals surface area contributed by atoms with E-state index in [2.05, 4.69) is 20.4 Å². The first-order valence-corrected chi connectivity index (χ1v) is 6.67. The third-order valence-corrected chi connectivity index (χ3v) is 3.20. The van der Waals surface area contributed by atoms with Crippen LogP contribution in [-0.2, 0) is 6.42 Å². The van der Waals surface area contributed by atoms with Crippen molar-refractivity contribution in [1.29, 1.82) is 5.26 Å². The van der Waals surface area contributed by atoms with Crippen LogP contribution in [0.3, 0.4) is 0 Å². The average molecular weight is 300 g/mol. The van der Waals surface area contributed by atoms with E-state index in [1.165, 1.54) is 0 Å². The minimum Gasteiger partial charge on any atom is -0.440 e. The number of rotatable bonds is 3. The minimum absolute atomic E-state index is 0.190. The normalized spacial score (nSPS) is 10.5. The summed E-state index contributed by atoms with van der Waals surface area (Å²) in [5.74, 6) is 1.09. The van der Waals surface area contributed by atoms with E-state index in [9.17, 15) is 0 Å². The zero-order valence-electron chi connectivity index (χ0n) is 11.1. The van der Waals surface area contributed by atoms with Crippen molar-refractivity contribution in [1.82, 2.24) is 20.4 Å². The summed E-state index contributed by atoms with van der Waals surface area (Å²) in [6.45, 7) is 1.94. The number of nitrogens with zero attached hydrogens (tertiary/aromatic N) is 4. The van der Waals surface area contributed by atoms with Gasteiger partial charge in [0.25, 0.3) is 0 Å². The number of benzene rings is 1. The monoisotopic (exact) mass is 299 g/mol. The standard InChI is InChI=1S/C14H10ClN5O/c1-2-11-13(12-10(7-16)18-20-19-12)17-14(21-11)8-4-3-5-9(15)6-8/h3-6H,2H2,1H3,(H,18,19,20). The highest BCUT2D eigenvalue weighted by Crippen LogP contribution is 2.30. The van der Waals surface area contributed by atoms with E-state index >= 15 is 0 Å². The van der Waals surface area contributed by atoms with Crippen LogP contribution >= 0.6 is 11.6 Å². The molecule has 3 rings (SSSR count). The SMILES string of the molecule is CCc1oc(-c2cccc(Cl)c2)nc1-c1n[nH]nc1C#N. The molecule has 0 aliphatic rings. The quantitative estimate of drug-likeness (QED) is 0.801. The van der Waals surface area contributed by atoms with Gasteiger partial charge in [0.05, 0.1) is 0 Å². The molecule has 0 saturated heterocycles. The van der Waals surface area contributed by atoms with E-state index in [4.69, 9.17) is 21.3 Å². The molecule has 0 spiro atoms. The van der Waals surface area contributed by atoms with E-state index in [-0.39, 0.29) is 5.69 Å². The zero-order chi connectivity index (χ0) is 14.8. The number of H-pyrrole nitrogens is 1. The van der Waals surface area contributed by atoms with Crippen molar-refractivity contribution in [3.8, 4) is 28.9 Å². The van der Waals surface area contributed by atoms with Crippen LogP contribution in [0.1, 0.15) is 18.4 Å². The van der Waals surface area contributed by atoms with Gasteiger partial charge >= 0.3 is 0 Å². The number of aromatic amines is 1. The largest absolute Gasteiger partial charge is 0.440 e. The van der Waals surface area contributed by atoms with Gasteiger partial charge < -0.3 is 4.42 Å². The van der Waals surface area contributed by atoms with Crippen molar-refractivity contribution < 1.29 is 4.42 Å². The van der Waals surface area contributed by atoms with Crippen LogP contribution in [0.4, 0.5) is 0 Å². The molecule has 7 heteroatoms. The molecule has 0 unspecified atom stereocenters. The van der Waals surface area contributed by atoms with E-state index in [0.717, 1.165) is 5.56 Å². The summed E-state index contributed by atoms with van der Waals surface area (Å²) >= 11 is 5.98. The van der Waals surface area contributed by atoms with Gasteiger partial charge in [0, 0.05) is 17.0 Å². The molecule has 3 aromatic rings. The van der Waals surface area contributed by atoms with Gasteiger partial charge in [-0.25, -0.2) is 4.98 Å². The van der Waals surface area contributed by atoms with Gasteiger partial charge in [-0.05, 0) is 18.2 Å². The maximum absolute atomic E-state index is 9.04. The second-order valence-corrected chi connectivity index (χ2v) is 4.72. The van der Waals surface area contributed by atoms with Gasteiger partial charge in [-0.3, -0.25) is 0 Å². The number of halogens is 1. The first kappa shape index (κ1) is 13.3. The number of oxazole rings is 1. The van der Waals surface area contributed by atoms with Crippen LogP contribution in [0.15, 0.2) is 28.7 Å². The molecular weight excluding hydrogens is 290 g/mol. The second-order valence-electron chi connectivity index (χ2n) is 4.29. The van der Waals surface area contributed by atoms with E-state index < -0.39 is 0 Å². The second kappa shape index (κ2) is 5.38. The Balaban J connectivity index is 2.13. The first-order chi connectivity index (χ1) is 10.2. The number of nitrogens with one attached hydrogen (secondary N) is 1. The number of hydrogen-bond donors (Lipinski definition) is 1. The topological polar surface area (TPSA) is 91.4 Å². The Morgan fingerprint density at radius 2 is 2.19 bits per heavy atom. The van der Waals surface area contributed by atoms with Crippen LogP contribution in [0.25, 0.3) is 22.8 Å². The summed E-state index contributed by atoms with van der Waals surface area (Å²) < 4.78 is 5.77. The van der Waals surface area contributed by atoms with Crippen molar-refractivity contribution in [2.45, 2.75) is 13.3 Å². The van der Waals surface area contributed by atoms with Crippen LogP contribution in [-0.4, -0.2) is 20.4 Å². The molecule has 0 radical (unpaired) electrons. The highest BCUT2D eigenvalue weighted by Gasteiger charge is 2.20. The van der Waals surface area contributed by atoms with Crippen LogP contribution < -0.4 is 0 Å². The van der Waals surface area contributed by atoms with Crippen LogP contribution in [0, 0.1) is 11.3 Å². The molecule has 2 aromatic heterocycles. The molecule has 0 saturated carbocycles. The molecule has 2 heterocycles. The van der Waals surface area contributed by atoms with Gasteiger partial charge in [0.2, 0.25) is 5.89 Å². The lowest BCUT2D eigenvalue weighted by molar-refractivity contribution is 0.525. The smallest absolute Gasteiger partial charge is 0.226 e. The molecule has 0 atom stereocenters. The van der Waals surface area contributed by atoms with Crippen molar-refractivity contribution in [2.24, 2.45) is 0 Å². The summed E-state index contributed by atoms with van der Waals surface area (Å²) in [5, 5.41) is 19.8. The predicted octanol–water partition coefficient (Wildman–Crippen LogP) is 3.21. The lowest BCUT2D eigenvalue weighted by Crippen LogP contribution is -1.88. The summed E-state index contributed by atoms with van der Waals surface area (Å²) in [4.78, 5) is 4.44. The van der Waals surface area contributed by atoms with Gasteiger partial charge in [0.15, 0.2) is 11.4 Å². The molecule has 0 aliphatic heterocycles. The molecule has 1 aromatic carbocycles. The molecule has 104 valence electrons. The molecule has 0 fully saturated rings. The molecule has 6 nitrogen and oxygen atoms in total. The highest BCUT2D eigenvalue weighted by atomic mass is 35.5. The summed E-state index contributed by atoms with van der Waals surface area (Å²) in [5.41, 5.74) is 1.88. The Hall–Kier alpha value is -2.65. The summed E-state index contributed by atoms with van der Waals surface area (Å²) in [7, 11) is 0. The molecule has 1 N–H and O–H groups in total. The van der Waals surface area contributed by atoms with E-state index in [1.54, 1.807) is 12.1 Å². The Bertz CT molecular complexity index is 830. The minimum atomic E-state index is 0.190. The van der Waals surface area contributed by atoms with E-state index in [0.29, 0.717) is 34.5 Å². The fourth-order valence-corrected chi connectivity index (χ4v) is 2.19. The van der Waals surface area contributed by atoms with Crippen molar-refractivity contribution in [3.05, 3.63) is 40.7 Å². The lowest BCUT2D eigenvalue weighted by atomic mass is 10.2. The van der Waals surface area contributed by atoms with E-state index in [1.807, 2.05) is 25.1 Å². The number of aryl methyl sites for hydroxylation is 1. The lowest BCUT2D eigenvalue weighted by Gasteiger charge is -1.95. The molecule has 0 aliphatic carbocycles. The Morgan fingerprint density at radius 3 is 2.90 bits per heavy atom. The van der Waals surface area contributed by atoms with Gasteiger partial charge in [-0.2, -0.15) is 15.6 Å². The Kier molecular flexibility index (Phi) is 3.42. The molecule has 0 bridgehead atoms. The third-order valence-electron chi connectivity index (χ3n) is 2.97. The highest BCUT2D eigenvalue weighted by molar-refractivity contribution is 6.30. The number of nitriles is 1. The molecule has 0 amide bonds. The summed E-state index contributed by atoms with van der Waals surface area (Å²) in [6.07, 6.45) is 0.626. The predicted molar refractivity (Wildman–Crippen MR) is 76.4 cm³/mol. The maximum atomic E-state index is 9.04. The maximum Gasteiger partial charge on any atom is 0.226 e. The van der Waals surface area contributed by atoms with Crippen LogP contribution in [0.5, 0.6) is 0 Å². The zero-order valence-corrected chi connectivity index (χ0v) is 11.8. The molecule has 21 heavy (non-hydrogen) atoms. The Morgan fingerprint density at radius 1 is 1.33 bits per heavy atom. The number of aromatic nitrogens is 4. The van der Waals surface area contributed by atoms with Gasteiger partial charge in [-0.15, -0.1) is 5.10 Å². The van der Waals surface area contributed by atoms with Crippen molar-refractivity contribution >= 4 is 11.6 Å². The fraction of sp³-hybridized carbons (Fsp3) is 0.143. The Labute approximate surface area is 125 Å². The average Bonchev–Trinajstić information content (AvgIpc) is 3.12. The third kappa shape index (κ3) is 2.39. The van der Waals surface area contributed by atoms with Gasteiger partial charge in [-0.1, -0.05) is 24.6 Å².